The van der Waals surface area contributed by atoms with E-state index in [0.717, 1.165) is 5.56 Å². The highest BCUT2D eigenvalue weighted by molar-refractivity contribution is 5.73. The molecule has 0 aliphatic rings. The maximum atomic E-state index is 13.9. The number of benzene rings is 1. The zero-order chi connectivity index (χ0) is 16.5. The number of nitrogens with zero attached hydrogens (tertiary/aromatic N) is 1. The number of aromatic nitrogens is 1. The smallest absolute Gasteiger partial charge is 0.314 e. The van der Waals surface area contributed by atoms with Gasteiger partial charge in [-0.3, -0.25) is 4.98 Å². The van der Waals surface area contributed by atoms with E-state index < -0.39 is 12.7 Å². The van der Waals surface area contributed by atoms with Crippen molar-refractivity contribution in [2.75, 3.05) is 19.8 Å². The lowest BCUT2D eigenvalue weighted by molar-refractivity contribution is 0.239. The zero-order valence-electron chi connectivity index (χ0n) is 12.6. The standard InChI is InChI=1S/C17H19F2N3O/c18-7-10-21-17(23)22-12-15(13-5-8-20-9-6-13)11-14-3-1-2-4-16(14)19/h1-6,8-9,15H,7,10-12H2,(H2,21,22,23). The lowest BCUT2D eigenvalue weighted by Crippen LogP contribution is -2.39. The Kier molecular flexibility index (Phi) is 6.47. The molecule has 1 unspecified atom stereocenters. The highest BCUT2D eigenvalue weighted by Gasteiger charge is 2.15. The van der Waals surface area contributed by atoms with Gasteiger partial charge in [0.05, 0.1) is 0 Å². The van der Waals surface area contributed by atoms with E-state index in [2.05, 4.69) is 15.6 Å². The molecule has 0 spiro atoms. The highest BCUT2D eigenvalue weighted by Crippen LogP contribution is 2.21. The van der Waals surface area contributed by atoms with Gasteiger partial charge < -0.3 is 10.6 Å². The van der Waals surface area contributed by atoms with Gasteiger partial charge in [0, 0.05) is 31.4 Å². The van der Waals surface area contributed by atoms with E-state index in [1.54, 1.807) is 30.6 Å². The fourth-order valence-corrected chi connectivity index (χ4v) is 2.31. The summed E-state index contributed by atoms with van der Waals surface area (Å²) in [5.74, 6) is -0.375. The predicted molar refractivity (Wildman–Crippen MR) is 84.5 cm³/mol. The normalized spacial score (nSPS) is 11.7. The van der Waals surface area contributed by atoms with Gasteiger partial charge in [0.25, 0.3) is 0 Å². The van der Waals surface area contributed by atoms with E-state index in [4.69, 9.17) is 0 Å². The summed E-state index contributed by atoms with van der Waals surface area (Å²) in [4.78, 5) is 15.6. The van der Waals surface area contributed by atoms with Crippen molar-refractivity contribution in [1.29, 1.82) is 0 Å². The fourth-order valence-electron chi connectivity index (χ4n) is 2.31. The molecule has 0 radical (unpaired) electrons. The molecular weight excluding hydrogens is 300 g/mol. The third kappa shape index (κ3) is 5.32. The van der Waals surface area contributed by atoms with Crippen molar-refractivity contribution >= 4 is 6.03 Å². The molecule has 6 heteroatoms. The van der Waals surface area contributed by atoms with E-state index in [-0.39, 0.29) is 18.3 Å². The zero-order valence-corrected chi connectivity index (χ0v) is 12.6. The third-order valence-corrected chi connectivity index (χ3v) is 3.49. The lowest BCUT2D eigenvalue weighted by Gasteiger charge is -2.18. The Morgan fingerprint density at radius 3 is 2.57 bits per heavy atom. The molecule has 2 rings (SSSR count). The molecule has 4 nitrogen and oxygen atoms in total. The van der Waals surface area contributed by atoms with Crippen LogP contribution in [0.15, 0.2) is 48.8 Å². The average molecular weight is 319 g/mol. The van der Waals surface area contributed by atoms with Crippen LogP contribution in [-0.2, 0) is 6.42 Å². The van der Waals surface area contributed by atoms with Crippen molar-refractivity contribution in [2.45, 2.75) is 12.3 Å². The number of alkyl halides is 1. The molecule has 122 valence electrons. The van der Waals surface area contributed by atoms with Crippen molar-refractivity contribution in [3.8, 4) is 0 Å². The van der Waals surface area contributed by atoms with Crippen LogP contribution < -0.4 is 10.6 Å². The maximum Gasteiger partial charge on any atom is 0.314 e. The van der Waals surface area contributed by atoms with E-state index in [1.165, 1.54) is 6.07 Å². The number of hydrogen-bond donors (Lipinski definition) is 2. The first kappa shape index (κ1) is 16.9. The molecule has 2 amide bonds. The van der Waals surface area contributed by atoms with Gasteiger partial charge in [0.15, 0.2) is 0 Å². The molecule has 0 saturated heterocycles. The van der Waals surface area contributed by atoms with Crippen LogP contribution in [0.25, 0.3) is 0 Å². The predicted octanol–water partition coefficient (Wildman–Crippen LogP) is 2.82. The number of carbonyl (C=O) groups is 1. The van der Waals surface area contributed by atoms with Crippen molar-refractivity contribution < 1.29 is 13.6 Å². The van der Waals surface area contributed by atoms with Crippen LogP contribution in [0, 0.1) is 5.82 Å². The molecular formula is C17H19F2N3O. The SMILES string of the molecule is O=C(NCCF)NCC(Cc1ccccc1F)c1ccncc1. The van der Waals surface area contributed by atoms with Crippen molar-refractivity contribution in [3.05, 3.63) is 65.7 Å². The first-order valence-electron chi connectivity index (χ1n) is 7.41. The number of nitrogens with one attached hydrogen (secondary N) is 2. The number of pyridine rings is 1. The van der Waals surface area contributed by atoms with E-state index in [0.29, 0.717) is 18.5 Å². The number of urea groups is 1. The molecule has 0 aliphatic carbocycles. The number of amides is 2. The maximum absolute atomic E-state index is 13.9. The Hall–Kier alpha value is -2.50. The summed E-state index contributed by atoms with van der Waals surface area (Å²) in [6, 6.07) is 9.81. The number of hydrogen-bond acceptors (Lipinski definition) is 2. The Morgan fingerprint density at radius 2 is 1.87 bits per heavy atom. The van der Waals surface area contributed by atoms with Gasteiger partial charge >= 0.3 is 6.03 Å². The topological polar surface area (TPSA) is 54.0 Å². The van der Waals surface area contributed by atoms with Crippen LogP contribution in [0.1, 0.15) is 17.0 Å². The van der Waals surface area contributed by atoms with Crippen LogP contribution in [0.4, 0.5) is 13.6 Å². The Balaban J connectivity index is 2.07. The number of rotatable bonds is 7. The molecule has 0 saturated carbocycles. The molecule has 2 N–H and O–H groups in total. The van der Waals surface area contributed by atoms with Gasteiger partial charge in [-0.05, 0) is 35.7 Å². The minimum atomic E-state index is -0.615. The molecule has 0 bridgehead atoms. The van der Waals surface area contributed by atoms with Crippen LogP contribution in [-0.4, -0.2) is 30.8 Å². The Labute approximate surface area is 133 Å². The van der Waals surface area contributed by atoms with Crippen molar-refractivity contribution in [2.24, 2.45) is 0 Å². The monoisotopic (exact) mass is 319 g/mol. The van der Waals surface area contributed by atoms with Gasteiger partial charge in [-0.2, -0.15) is 0 Å². The van der Waals surface area contributed by atoms with Gasteiger partial charge in [-0.25, -0.2) is 13.6 Å². The average Bonchev–Trinajstić information content (AvgIpc) is 2.59. The molecule has 0 aliphatic heterocycles. The second kappa shape index (κ2) is 8.82. The molecule has 23 heavy (non-hydrogen) atoms. The molecule has 0 fully saturated rings. The molecule has 1 heterocycles. The number of carbonyl (C=O) groups excluding carboxylic acids is 1. The van der Waals surface area contributed by atoms with Gasteiger partial charge in [0.1, 0.15) is 12.5 Å². The van der Waals surface area contributed by atoms with E-state index >= 15 is 0 Å². The van der Waals surface area contributed by atoms with Crippen molar-refractivity contribution in [1.82, 2.24) is 15.6 Å². The summed E-state index contributed by atoms with van der Waals surface area (Å²) in [7, 11) is 0. The van der Waals surface area contributed by atoms with Gasteiger partial charge in [-0.15, -0.1) is 0 Å². The van der Waals surface area contributed by atoms with E-state index in [1.807, 2.05) is 12.1 Å². The first-order chi connectivity index (χ1) is 11.2. The van der Waals surface area contributed by atoms with E-state index in [9.17, 15) is 13.6 Å². The molecule has 1 atom stereocenters. The number of halogens is 2. The van der Waals surface area contributed by atoms with Crippen LogP contribution in [0.3, 0.4) is 0 Å². The lowest BCUT2D eigenvalue weighted by atomic mass is 9.92. The van der Waals surface area contributed by atoms with Crippen LogP contribution in [0.2, 0.25) is 0 Å². The Morgan fingerprint density at radius 1 is 1.13 bits per heavy atom. The summed E-state index contributed by atoms with van der Waals surface area (Å²) in [5.41, 5.74) is 1.54. The molecule has 1 aromatic carbocycles. The second-order valence-electron chi connectivity index (χ2n) is 5.10. The molecule has 1 aromatic heterocycles. The largest absolute Gasteiger partial charge is 0.338 e. The summed E-state index contributed by atoms with van der Waals surface area (Å²) in [6.07, 6.45) is 3.76. The van der Waals surface area contributed by atoms with Gasteiger partial charge in [0.2, 0.25) is 0 Å². The second-order valence-corrected chi connectivity index (χ2v) is 5.10. The first-order valence-corrected chi connectivity index (χ1v) is 7.41. The Bertz CT molecular complexity index is 622. The third-order valence-electron chi connectivity index (χ3n) is 3.49. The fraction of sp³-hybridized carbons (Fsp3) is 0.294. The van der Waals surface area contributed by atoms with Crippen LogP contribution >= 0.6 is 0 Å². The quantitative estimate of drug-likeness (QED) is 0.824. The summed E-state index contributed by atoms with van der Waals surface area (Å²) >= 11 is 0. The van der Waals surface area contributed by atoms with Crippen molar-refractivity contribution in [3.63, 3.8) is 0 Å². The minimum Gasteiger partial charge on any atom is -0.338 e. The summed E-state index contributed by atoms with van der Waals surface area (Å²) in [5, 5.41) is 5.10. The summed E-state index contributed by atoms with van der Waals surface area (Å²) in [6.45, 7) is -0.327. The summed E-state index contributed by atoms with van der Waals surface area (Å²) < 4.78 is 25.9. The highest BCUT2D eigenvalue weighted by atomic mass is 19.1. The van der Waals surface area contributed by atoms with Crippen LogP contribution in [0.5, 0.6) is 0 Å². The van der Waals surface area contributed by atoms with Gasteiger partial charge in [-0.1, -0.05) is 18.2 Å². The molecule has 2 aromatic rings. The minimum absolute atomic E-state index is 0.0287.